The molecule has 0 heterocycles. The van der Waals surface area contributed by atoms with Gasteiger partial charge in [0, 0.05) is 6.54 Å². The molecule has 0 unspecified atom stereocenters. The van der Waals surface area contributed by atoms with E-state index in [9.17, 15) is 0 Å². The number of nitrogens with one attached hydrogen (secondary N) is 1. The first-order valence-corrected chi connectivity index (χ1v) is 6.07. The normalized spacial score (nSPS) is 11.3. The summed E-state index contributed by atoms with van der Waals surface area (Å²) in [6.45, 7) is 8.12. The minimum atomic E-state index is 0. The molecule has 0 fully saturated rings. The fourth-order valence-corrected chi connectivity index (χ4v) is 1.47. The van der Waals surface area contributed by atoms with Crippen LogP contribution in [0.4, 0.5) is 0 Å². The molecule has 3 heteroatoms. The van der Waals surface area contributed by atoms with Gasteiger partial charge < -0.3 is 10.1 Å². The van der Waals surface area contributed by atoms with Crippen LogP contribution in [0, 0.1) is 0 Å². The van der Waals surface area contributed by atoms with E-state index in [4.69, 9.17) is 4.74 Å². The molecule has 1 N–H and O–H groups in total. The monoisotopic (exact) mass is 269 g/mol. The van der Waals surface area contributed by atoms with Crippen LogP contribution in [0.2, 0.25) is 0 Å². The Labute approximate surface area is 117 Å². The number of benzene rings is 1. The summed E-state index contributed by atoms with van der Waals surface area (Å²) in [6.07, 6.45) is 4.09. The average Bonchev–Trinajstić information content (AvgIpc) is 2.28. The Morgan fingerprint density at radius 2 is 1.94 bits per heavy atom. The highest BCUT2D eigenvalue weighted by Gasteiger charge is 2.13. The number of rotatable bonds is 5. The molecule has 0 spiro atoms. The Morgan fingerprint density at radius 1 is 1.22 bits per heavy atom. The third kappa shape index (κ3) is 6.08. The van der Waals surface area contributed by atoms with Crippen molar-refractivity contribution in [2.75, 3.05) is 20.2 Å². The zero-order valence-electron chi connectivity index (χ0n) is 11.7. The van der Waals surface area contributed by atoms with Crippen LogP contribution in [-0.4, -0.2) is 20.2 Å². The zero-order valence-corrected chi connectivity index (χ0v) is 12.5. The molecule has 1 rings (SSSR count). The molecule has 0 bridgehead atoms. The highest BCUT2D eigenvalue weighted by Crippen LogP contribution is 2.25. The van der Waals surface area contributed by atoms with E-state index in [1.54, 1.807) is 0 Å². The van der Waals surface area contributed by atoms with E-state index in [1.165, 1.54) is 5.56 Å². The van der Waals surface area contributed by atoms with Crippen molar-refractivity contribution < 1.29 is 4.74 Å². The quantitative estimate of drug-likeness (QED) is 0.826. The van der Waals surface area contributed by atoms with Crippen molar-refractivity contribution in [1.29, 1.82) is 0 Å². The standard InChI is InChI=1S/C15H23NO.ClH/c1-15(2,3)13-8-7-9-14(12-13)17-11-6-5-10-16-4;/h5-9,12,16H,10-11H2,1-4H3;1H. The van der Waals surface area contributed by atoms with Crippen molar-refractivity contribution in [3.8, 4) is 5.75 Å². The zero-order chi connectivity index (χ0) is 12.7. The van der Waals surface area contributed by atoms with Crippen LogP contribution in [0.15, 0.2) is 36.4 Å². The van der Waals surface area contributed by atoms with E-state index in [-0.39, 0.29) is 17.8 Å². The van der Waals surface area contributed by atoms with Crippen LogP contribution in [0.3, 0.4) is 0 Å². The topological polar surface area (TPSA) is 21.3 Å². The summed E-state index contributed by atoms with van der Waals surface area (Å²) in [5.74, 6) is 0.937. The summed E-state index contributed by atoms with van der Waals surface area (Å²) in [5.41, 5.74) is 1.47. The van der Waals surface area contributed by atoms with Gasteiger partial charge in [0.15, 0.2) is 0 Å². The average molecular weight is 270 g/mol. The summed E-state index contributed by atoms with van der Waals surface area (Å²) in [7, 11) is 1.93. The van der Waals surface area contributed by atoms with Gasteiger partial charge in [-0.25, -0.2) is 0 Å². The maximum Gasteiger partial charge on any atom is 0.120 e. The maximum absolute atomic E-state index is 5.67. The molecule has 0 aliphatic carbocycles. The molecular formula is C15H24ClNO. The number of ether oxygens (including phenoxy) is 1. The van der Waals surface area contributed by atoms with E-state index < -0.39 is 0 Å². The second-order valence-electron chi connectivity index (χ2n) is 5.12. The van der Waals surface area contributed by atoms with Gasteiger partial charge in [0.25, 0.3) is 0 Å². The first-order valence-electron chi connectivity index (χ1n) is 6.07. The number of hydrogen-bond donors (Lipinski definition) is 1. The highest BCUT2D eigenvalue weighted by molar-refractivity contribution is 5.85. The lowest BCUT2D eigenvalue weighted by molar-refractivity contribution is 0.361. The molecule has 0 aliphatic heterocycles. The molecule has 0 aromatic heterocycles. The van der Waals surface area contributed by atoms with Gasteiger partial charge in [-0.3, -0.25) is 0 Å². The largest absolute Gasteiger partial charge is 0.490 e. The van der Waals surface area contributed by atoms with Crippen molar-refractivity contribution in [1.82, 2.24) is 5.32 Å². The van der Waals surface area contributed by atoms with Crippen LogP contribution >= 0.6 is 12.4 Å². The number of halogens is 1. The van der Waals surface area contributed by atoms with Crippen molar-refractivity contribution in [2.45, 2.75) is 26.2 Å². The van der Waals surface area contributed by atoms with Gasteiger partial charge in [0.2, 0.25) is 0 Å². The molecule has 1 aromatic carbocycles. The summed E-state index contributed by atoms with van der Waals surface area (Å²) in [4.78, 5) is 0. The molecule has 0 radical (unpaired) electrons. The van der Waals surface area contributed by atoms with Crippen LogP contribution in [-0.2, 0) is 5.41 Å². The Kier molecular flexibility index (Phi) is 7.72. The molecule has 0 amide bonds. The van der Waals surface area contributed by atoms with Crippen LogP contribution in [0.1, 0.15) is 26.3 Å². The van der Waals surface area contributed by atoms with Gasteiger partial charge in [-0.05, 0) is 30.2 Å². The summed E-state index contributed by atoms with van der Waals surface area (Å²) < 4.78 is 5.67. The Morgan fingerprint density at radius 3 is 2.56 bits per heavy atom. The van der Waals surface area contributed by atoms with Gasteiger partial charge in [-0.2, -0.15) is 0 Å². The molecule has 0 aliphatic rings. The van der Waals surface area contributed by atoms with Crippen molar-refractivity contribution in [3.05, 3.63) is 42.0 Å². The van der Waals surface area contributed by atoms with Gasteiger partial charge >= 0.3 is 0 Å². The molecule has 102 valence electrons. The van der Waals surface area contributed by atoms with E-state index >= 15 is 0 Å². The Hall–Kier alpha value is -0.990. The van der Waals surface area contributed by atoms with Crippen LogP contribution in [0.25, 0.3) is 0 Å². The first kappa shape index (κ1) is 17.0. The lowest BCUT2D eigenvalue weighted by atomic mass is 9.87. The molecule has 0 saturated carbocycles. The molecule has 0 atom stereocenters. The van der Waals surface area contributed by atoms with Crippen molar-refractivity contribution >= 4 is 12.4 Å². The van der Waals surface area contributed by atoms with Crippen LogP contribution < -0.4 is 10.1 Å². The van der Waals surface area contributed by atoms with Crippen LogP contribution in [0.5, 0.6) is 5.75 Å². The van der Waals surface area contributed by atoms with Gasteiger partial charge in [0.1, 0.15) is 12.4 Å². The SMILES string of the molecule is CNCC=CCOc1cccc(C(C)(C)C)c1.Cl. The van der Waals surface area contributed by atoms with E-state index in [2.05, 4.69) is 44.3 Å². The summed E-state index contributed by atoms with van der Waals surface area (Å²) >= 11 is 0. The Bertz CT molecular complexity index is 369. The predicted molar refractivity (Wildman–Crippen MR) is 81.0 cm³/mol. The number of likely N-dealkylation sites (N-methyl/N-ethyl adjacent to an activating group) is 1. The van der Waals surface area contributed by atoms with E-state index in [1.807, 2.05) is 25.3 Å². The maximum atomic E-state index is 5.67. The van der Waals surface area contributed by atoms with Gasteiger partial charge in [0.05, 0.1) is 0 Å². The minimum Gasteiger partial charge on any atom is -0.490 e. The lowest BCUT2D eigenvalue weighted by Gasteiger charge is -2.19. The number of hydrogen-bond acceptors (Lipinski definition) is 2. The van der Waals surface area contributed by atoms with Gasteiger partial charge in [-0.15, -0.1) is 12.4 Å². The second kappa shape index (κ2) is 8.17. The fourth-order valence-electron chi connectivity index (χ4n) is 1.47. The third-order valence-corrected chi connectivity index (χ3v) is 2.53. The molecule has 2 nitrogen and oxygen atoms in total. The highest BCUT2D eigenvalue weighted by atomic mass is 35.5. The molecule has 0 saturated heterocycles. The van der Waals surface area contributed by atoms with E-state index in [0.29, 0.717) is 6.61 Å². The second-order valence-corrected chi connectivity index (χ2v) is 5.12. The Balaban J connectivity index is 0.00000289. The fraction of sp³-hybridized carbons (Fsp3) is 0.467. The van der Waals surface area contributed by atoms with Crippen molar-refractivity contribution in [2.24, 2.45) is 0 Å². The molecule has 18 heavy (non-hydrogen) atoms. The molecular weight excluding hydrogens is 246 g/mol. The smallest absolute Gasteiger partial charge is 0.120 e. The van der Waals surface area contributed by atoms with Crippen molar-refractivity contribution in [3.63, 3.8) is 0 Å². The summed E-state index contributed by atoms with van der Waals surface area (Å²) in [6, 6.07) is 8.31. The molecule has 1 aromatic rings. The lowest BCUT2D eigenvalue weighted by Crippen LogP contribution is -2.11. The van der Waals surface area contributed by atoms with E-state index in [0.717, 1.165) is 12.3 Å². The predicted octanol–water partition coefficient (Wildman–Crippen LogP) is 3.56. The third-order valence-electron chi connectivity index (χ3n) is 2.53. The van der Waals surface area contributed by atoms with Gasteiger partial charge in [-0.1, -0.05) is 45.1 Å². The first-order chi connectivity index (χ1) is 8.04. The minimum absolute atomic E-state index is 0. The summed E-state index contributed by atoms with van der Waals surface area (Å²) in [5, 5.41) is 3.05.